The molecule has 134 valence electrons. The zero-order valence-corrected chi connectivity index (χ0v) is 14.9. The molecule has 0 fully saturated rings. The normalized spacial score (nSPS) is 10.3. The molecule has 2 aromatic rings. The van der Waals surface area contributed by atoms with Crippen molar-refractivity contribution in [2.24, 2.45) is 0 Å². The molecule has 25 heavy (non-hydrogen) atoms. The van der Waals surface area contributed by atoms with E-state index in [-0.39, 0.29) is 5.91 Å². The number of halogens is 1. The summed E-state index contributed by atoms with van der Waals surface area (Å²) in [6.45, 7) is 1.45. The summed E-state index contributed by atoms with van der Waals surface area (Å²) in [4.78, 5) is 12.0. The first kappa shape index (κ1) is 19.1. The number of ether oxygens (including phenoxy) is 3. The van der Waals surface area contributed by atoms with Crippen LogP contribution in [0.4, 0.5) is 5.69 Å². The van der Waals surface area contributed by atoms with Gasteiger partial charge in [-0.3, -0.25) is 4.79 Å². The Morgan fingerprint density at radius 2 is 1.76 bits per heavy atom. The highest BCUT2D eigenvalue weighted by atomic mass is 35.5. The number of rotatable bonds is 10. The summed E-state index contributed by atoms with van der Waals surface area (Å²) >= 11 is 5.81. The van der Waals surface area contributed by atoms with Crippen LogP contribution in [0.3, 0.4) is 0 Å². The minimum absolute atomic E-state index is 0.0613. The van der Waals surface area contributed by atoms with Gasteiger partial charge in [0.1, 0.15) is 18.1 Å². The van der Waals surface area contributed by atoms with E-state index in [1.54, 1.807) is 37.4 Å². The van der Waals surface area contributed by atoms with Gasteiger partial charge in [0.15, 0.2) is 0 Å². The van der Waals surface area contributed by atoms with Crippen molar-refractivity contribution in [1.82, 2.24) is 0 Å². The Hall–Kier alpha value is -2.24. The number of carbonyl (C=O) groups is 1. The Morgan fingerprint density at radius 1 is 1.00 bits per heavy atom. The molecule has 0 saturated carbocycles. The highest BCUT2D eigenvalue weighted by molar-refractivity contribution is 6.30. The van der Waals surface area contributed by atoms with Gasteiger partial charge >= 0.3 is 0 Å². The standard InChI is InChI=1S/C19H22ClNO4/c1-23-12-13-25-18-5-2-4-16(14-18)21-19(22)6-3-11-24-17-9-7-15(20)8-10-17/h2,4-5,7-10,14H,3,6,11-13H2,1H3,(H,21,22). The first-order chi connectivity index (χ1) is 12.2. The van der Waals surface area contributed by atoms with Crippen molar-refractivity contribution in [3.8, 4) is 11.5 Å². The third-order valence-corrected chi connectivity index (χ3v) is 3.56. The Bertz CT molecular complexity index is 661. The summed E-state index contributed by atoms with van der Waals surface area (Å²) in [5.74, 6) is 1.38. The first-order valence-electron chi connectivity index (χ1n) is 8.07. The highest BCUT2D eigenvalue weighted by Crippen LogP contribution is 2.18. The predicted molar refractivity (Wildman–Crippen MR) is 98.6 cm³/mol. The summed E-state index contributed by atoms with van der Waals surface area (Å²) in [7, 11) is 1.62. The van der Waals surface area contributed by atoms with Gasteiger partial charge in [0.2, 0.25) is 5.91 Å². The van der Waals surface area contributed by atoms with E-state index in [1.165, 1.54) is 0 Å². The lowest BCUT2D eigenvalue weighted by Crippen LogP contribution is -2.13. The number of anilines is 1. The lowest BCUT2D eigenvalue weighted by Gasteiger charge is -2.09. The average Bonchev–Trinajstić information content (AvgIpc) is 2.61. The smallest absolute Gasteiger partial charge is 0.224 e. The van der Waals surface area contributed by atoms with Crippen LogP contribution in [0.1, 0.15) is 12.8 Å². The zero-order valence-electron chi connectivity index (χ0n) is 14.2. The fourth-order valence-corrected chi connectivity index (χ4v) is 2.21. The largest absolute Gasteiger partial charge is 0.494 e. The molecule has 0 unspecified atom stereocenters. The van der Waals surface area contributed by atoms with E-state index in [0.717, 1.165) is 5.75 Å². The van der Waals surface area contributed by atoms with Crippen LogP contribution in [-0.2, 0) is 9.53 Å². The fourth-order valence-electron chi connectivity index (χ4n) is 2.08. The van der Waals surface area contributed by atoms with Gasteiger partial charge in [-0.2, -0.15) is 0 Å². The first-order valence-corrected chi connectivity index (χ1v) is 8.45. The second-order valence-corrected chi connectivity index (χ2v) is 5.76. The van der Waals surface area contributed by atoms with Crippen molar-refractivity contribution in [3.05, 3.63) is 53.6 Å². The summed E-state index contributed by atoms with van der Waals surface area (Å²) in [5, 5.41) is 3.52. The predicted octanol–water partition coefficient (Wildman–Crippen LogP) is 4.16. The number of carbonyl (C=O) groups excluding carboxylic acids is 1. The molecule has 0 radical (unpaired) electrons. The average molecular weight is 364 g/mol. The van der Waals surface area contributed by atoms with Crippen LogP contribution in [0.15, 0.2) is 48.5 Å². The van der Waals surface area contributed by atoms with E-state index in [4.69, 9.17) is 25.8 Å². The molecule has 0 aliphatic carbocycles. The van der Waals surface area contributed by atoms with Crippen molar-refractivity contribution in [2.45, 2.75) is 12.8 Å². The number of nitrogens with one attached hydrogen (secondary N) is 1. The molecule has 0 aliphatic heterocycles. The van der Waals surface area contributed by atoms with Gasteiger partial charge in [-0.05, 0) is 42.8 Å². The van der Waals surface area contributed by atoms with Gasteiger partial charge in [-0.1, -0.05) is 17.7 Å². The van der Waals surface area contributed by atoms with Crippen LogP contribution in [0.25, 0.3) is 0 Å². The Kier molecular flexibility index (Phi) is 8.09. The molecule has 1 amide bonds. The number of benzene rings is 2. The second kappa shape index (κ2) is 10.6. The van der Waals surface area contributed by atoms with Gasteiger partial charge in [0, 0.05) is 30.3 Å². The second-order valence-electron chi connectivity index (χ2n) is 5.32. The molecule has 0 heterocycles. The minimum Gasteiger partial charge on any atom is -0.494 e. The van der Waals surface area contributed by atoms with Crippen LogP contribution in [0.5, 0.6) is 11.5 Å². The molecule has 0 atom stereocenters. The summed E-state index contributed by atoms with van der Waals surface area (Å²) in [5.41, 5.74) is 0.707. The molecule has 2 rings (SSSR count). The molecule has 2 aromatic carbocycles. The number of methoxy groups -OCH3 is 1. The monoisotopic (exact) mass is 363 g/mol. The van der Waals surface area contributed by atoms with Gasteiger partial charge < -0.3 is 19.5 Å². The van der Waals surface area contributed by atoms with E-state index < -0.39 is 0 Å². The minimum atomic E-state index is -0.0613. The van der Waals surface area contributed by atoms with E-state index in [2.05, 4.69) is 5.32 Å². The quantitative estimate of drug-likeness (QED) is 0.644. The summed E-state index contributed by atoms with van der Waals surface area (Å²) in [6.07, 6.45) is 1.00. The van der Waals surface area contributed by atoms with Crippen molar-refractivity contribution in [3.63, 3.8) is 0 Å². The van der Waals surface area contributed by atoms with E-state index in [9.17, 15) is 4.79 Å². The van der Waals surface area contributed by atoms with Gasteiger partial charge in [-0.15, -0.1) is 0 Å². The molecule has 0 aliphatic rings. The third-order valence-electron chi connectivity index (χ3n) is 3.30. The molecule has 1 N–H and O–H groups in total. The molecular formula is C19H22ClNO4. The lowest BCUT2D eigenvalue weighted by atomic mass is 10.2. The molecular weight excluding hydrogens is 342 g/mol. The molecule has 6 heteroatoms. The third kappa shape index (κ3) is 7.45. The maximum absolute atomic E-state index is 12.0. The molecule has 0 bridgehead atoms. The van der Waals surface area contributed by atoms with E-state index >= 15 is 0 Å². The van der Waals surface area contributed by atoms with Crippen LogP contribution in [-0.4, -0.2) is 32.8 Å². The van der Waals surface area contributed by atoms with Crippen molar-refractivity contribution in [1.29, 1.82) is 0 Å². The number of amides is 1. The van der Waals surface area contributed by atoms with Gasteiger partial charge in [-0.25, -0.2) is 0 Å². The van der Waals surface area contributed by atoms with Crippen molar-refractivity contribution < 1.29 is 19.0 Å². The Balaban J connectivity index is 1.69. The zero-order chi connectivity index (χ0) is 17.9. The Labute approximate surface area is 152 Å². The van der Waals surface area contributed by atoms with Gasteiger partial charge in [0.05, 0.1) is 13.2 Å². The van der Waals surface area contributed by atoms with Crippen molar-refractivity contribution >= 4 is 23.2 Å². The SMILES string of the molecule is COCCOc1cccc(NC(=O)CCCOc2ccc(Cl)cc2)c1. The van der Waals surface area contributed by atoms with Crippen LogP contribution >= 0.6 is 11.6 Å². The van der Waals surface area contributed by atoms with Crippen LogP contribution in [0, 0.1) is 0 Å². The van der Waals surface area contributed by atoms with E-state index in [0.29, 0.717) is 49.1 Å². The number of hydrogen-bond acceptors (Lipinski definition) is 4. The topological polar surface area (TPSA) is 56.8 Å². The molecule has 0 aromatic heterocycles. The van der Waals surface area contributed by atoms with Gasteiger partial charge in [0.25, 0.3) is 0 Å². The fraction of sp³-hybridized carbons (Fsp3) is 0.316. The van der Waals surface area contributed by atoms with Crippen LogP contribution in [0.2, 0.25) is 5.02 Å². The molecule has 0 saturated heterocycles. The van der Waals surface area contributed by atoms with Crippen molar-refractivity contribution in [2.75, 3.05) is 32.2 Å². The maximum atomic E-state index is 12.0. The Morgan fingerprint density at radius 3 is 2.52 bits per heavy atom. The maximum Gasteiger partial charge on any atom is 0.224 e. The summed E-state index contributed by atoms with van der Waals surface area (Å²) < 4.78 is 16.0. The summed E-state index contributed by atoms with van der Waals surface area (Å²) in [6, 6.07) is 14.4. The lowest BCUT2D eigenvalue weighted by molar-refractivity contribution is -0.116. The molecule has 5 nitrogen and oxygen atoms in total. The van der Waals surface area contributed by atoms with Crippen LogP contribution < -0.4 is 14.8 Å². The highest BCUT2D eigenvalue weighted by Gasteiger charge is 2.04. The van der Waals surface area contributed by atoms with E-state index in [1.807, 2.05) is 18.2 Å². The molecule has 0 spiro atoms. The number of hydrogen-bond donors (Lipinski definition) is 1.